The zero-order valence-electron chi connectivity index (χ0n) is 12.4. The van der Waals surface area contributed by atoms with E-state index in [2.05, 4.69) is 5.32 Å². The summed E-state index contributed by atoms with van der Waals surface area (Å²) in [6.07, 6.45) is -1.20. The largest absolute Gasteiger partial charge is 0.481 e. The molecule has 2 saturated carbocycles. The molecule has 2 aliphatic carbocycles. The van der Waals surface area contributed by atoms with Crippen molar-refractivity contribution < 1.29 is 27.9 Å². The Morgan fingerprint density at radius 1 is 0.864 bits per heavy atom. The lowest BCUT2D eigenvalue weighted by Crippen LogP contribution is -2.43. The van der Waals surface area contributed by atoms with E-state index >= 15 is 0 Å². The summed E-state index contributed by atoms with van der Waals surface area (Å²) in [6, 6.07) is -0.178. The van der Waals surface area contributed by atoms with Gasteiger partial charge in [-0.3, -0.25) is 9.59 Å². The molecule has 0 spiro atoms. The van der Waals surface area contributed by atoms with E-state index in [0.29, 0.717) is 38.5 Å². The number of carbonyl (C=O) groups is 2. The summed E-state index contributed by atoms with van der Waals surface area (Å²) in [5.41, 5.74) is 0. The average molecular weight is 321 g/mol. The molecule has 2 fully saturated rings. The van der Waals surface area contributed by atoms with Crippen molar-refractivity contribution in [1.29, 1.82) is 0 Å². The van der Waals surface area contributed by atoms with E-state index in [9.17, 15) is 22.8 Å². The van der Waals surface area contributed by atoms with E-state index in [1.165, 1.54) is 0 Å². The van der Waals surface area contributed by atoms with Gasteiger partial charge in [0, 0.05) is 12.0 Å². The third kappa shape index (κ3) is 4.36. The summed E-state index contributed by atoms with van der Waals surface area (Å²) < 4.78 is 37.8. The highest BCUT2D eigenvalue weighted by Crippen LogP contribution is 2.37. The lowest BCUT2D eigenvalue weighted by molar-refractivity contribution is -0.182. The monoisotopic (exact) mass is 321 g/mol. The maximum absolute atomic E-state index is 12.6. The van der Waals surface area contributed by atoms with Crippen LogP contribution in [0.2, 0.25) is 0 Å². The number of hydrogen-bond acceptors (Lipinski definition) is 2. The molecule has 0 aromatic rings. The van der Waals surface area contributed by atoms with E-state index in [0.717, 1.165) is 0 Å². The Balaban J connectivity index is 1.74. The van der Waals surface area contributed by atoms with Crippen LogP contribution in [0.3, 0.4) is 0 Å². The number of aliphatic carboxylic acids is 1. The van der Waals surface area contributed by atoms with Crippen LogP contribution in [0.1, 0.15) is 51.4 Å². The normalized spacial score (nSPS) is 33.2. The van der Waals surface area contributed by atoms with E-state index in [1.54, 1.807) is 0 Å². The van der Waals surface area contributed by atoms with Crippen molar-refractivity contribution in [3.05, 3.63) is 0 Å². The number of carbonyl (C=O) groups excluding carboxylic acids is 1. The zero-order chi connectivity index (χ0) is 16.3. The smallest absolute Gasteiger partial charge is 0.391 e. The SMILES string of the molecule is O=C(O)C1CCC(C(=O)NC2CCC(C(F)(F)F)CC2)CC1. The molecule has 4 nitrogen and oxygen atoms in total. The first-order valence-corrected chi connectivity index (χ1v) is 7.87. The predicted molar refractivity (Wildman–Crippen MR) is 73.0 cm³/mol. The summed E-state index contributed by atoms with van der Waals surface area (Å²) in [5.74, 6) is -2.75. The first-order chi connectivity index (χ1) is 10.3. The standard InChI is InChI=1S/C15H22F3NO3/c16-15(17,18)11-5-7-12(8-6-11)19-13(20)9-1-3-10(4-2-9)14(21)22/h9-12H,1-8H2,(H,19,20)(H,21,22). The second kappa shape index (κ2) is 6.87. The number of rotatable bonds is 3. The number of amides is 1. The first-order valence-electron chi connectivity index (χ1n) is 7.87. The Hall–Kier alpha value is -1.27. The molecule has 7 heteroatoms. The molecule has 22 heavy (non-hydrogen) atoms. The molecule has 0 aromatic carbocycles. The molecule has 1 amide bonds. The topological polar surface area (TPSA) is 66.4 Å². The average Bonchev–Trinajstić information content (AvgIpc) is 2.47. The minimum Gasteiger partial charge on any atom is -0.481 e. The van der Waals surface area contributed by atoms with E-state index in [-0.39, 0.29) is 36.6 Å². The van der Waals surface area contributed by atoms with Crippen LogP contribution in [0.15, 0.2) is 0 Å². The molecule has 126 valence electrons. The fraction of sp³-hybridized carbons (Fsp3) is 0.867. The number of nitrogens with one attached hydrogen (secondary N) is 1. The second-order valence-corrected chi connectivity index (χ2v) is 6.49. The molecular formula is C15H22F3NO3. The van der Waals surface area contributed by atoms with Gasteiger partial charge in [0.1, 0.15) is 0 Å². The van der Waals surface area contributed by atoms with Gasteiger partial charge >= 0.3 is 12.1 Å². The van der Waals surface area contributed by atoms with Crippen LogP contribution in [0, 0.1) is 17.8 Å². The molecule has 0 saturated heterocycles. The van der Waals surface area contributed by atoms with Crippen molar-refractivity contribution >= 4 is 11.9 Å². The second-order valence-electron chi connectivity index (χ2n) is 6.49. The summed E-state index contributed by atoms with van der Waals surface area (Å²) in [6.45, 7) is 0. The van der Waals surface area contributed by atoms with E-state index in [4.69, 9.17) is 5.11 Å². The summed E-state index contributed by atoms with van der Waals surface area (Å²) in [5, 5.41) is 11.8. The van der Waals surface area contributed by atoms with Crippen LogP contribution < -0.4 is 5.32 Å². The van der Waals surface area contributed by atoms with Crippen LogP contribution in [0.25, 0.3) is 0 Å². The number of hydrogen-bond donors (Lipinski definition) is 2. The minimum atomic E-state index is -4.13. The first kappa shape index (κ1) is 17.1. The van der Waals surface area contributed by atoms with Crippen LogP contribution >= 0.6 is 0 Å². The van der Waals surface area contributed by atoms with Gasteiger partial charge in [-0.15, -0.1) is 0 Å². The van der Waals surface area contributed by atoms with Crippen molar-refractivity contribution in [2.45, 2.75) is 63.6 Å². The van der Waals surface area contributed by atoms with Gasteiger partial charge in [0.2, 0.25) is 5.91 Å². The highest BCUT2D eigenvalue weighted by Gasteiger charge is 2.41. The van der Waals surface area contributed by atoms with Crippen molar-refractivity contribution in [2.75, 3.05) is 0 Å². The molecule has 2 rings (SSSR count). The van der Waals surface area contributed by atoms with Gasteiger partial charge in [-0.2, -0.15) is 13.2 Å². The zero-order valence-corrected chi connectivity index (χ0v) is 12.4. The molecule has 0 heterocycles. The number of alkyl halides is 3. The molecular weight excluding hydrogens is 299 g/mol. The fourth-order valence-electron chi connectivity index (χ4n) is 3.49. The van der Waals surface area contributed by atoms with Crippen LogP contribution in [0.4, 0.5) is 13.2 Å². The molecule has 0 unspecified atom stereocenters. The number of halogens is 3. The minimum absolute atomic E-state index is 0.0696. The molecule has 0 radical (unpaired) electrons. The molecule has 0 aliphatic heterocycles. The van der Waals surface area contributed by atoms with Gasteiger partial charge in [-0.25, -0.2) is 0 Å². The van der Waals surface area contributed by atoms with E-state index < -0.39 is 18.1 Å². The number of carboxylic acids is 1. The van der Waals surface area contributed by atoms with E-state index in [1.807, 2.05) is 0 Å². The highest BCUT2D eigenvalue weighted by atomic mass is 19.4. The Bertz CT molecular complexity index is 409. The quantitative estimate of drug-likeness (QED) is 0.839. The van der Waals surface area contributed by atoms with Crippen LogP contribution in [-0.2, 0) is 9.59 Å². The maximum Gasteiger partial charge on any atom is 0.391 e. The Morgan fingerprint density at radius 2 is 1.36 bits per heavy atom. The summed E-state index contributed by atoms with van der Waals surface area (Å²) >= 11 is 0. The lowest BCUT2D eigenvalue weighted by atomic mass is 9.81. The summed E-state index contributed by atoms with van der Waals surface area (Å²) in [4.78, 5) is 23.0. The lowest BCUT2D eigenvalue weighted by Gasteiger charge is -2.32. The van der Waals surface area contributed by atoms with Crippen molar-refractivity contribution in [3.63, 3.8) is 0 Å². The predicted octanol–water partition coefficient (Wildman–Crippen LogP) is 3.11. The van der Waals surface area contributed by atoms with Gasteiger partial charge in [0.05, 0.1) is 11.8 Å². The molecule has 0 bridgehead atoms. The van der Waals surface area contributed by atoms with Gasteiger partial charge in [0.25, 0.3) is 0 Å². The fourth-order valence-corrected chi connectivity index (χ4v) is 3.49. The number of carboxylic acid groups (broad SMARTS) is 1. The Kier molecular flexibility index (Phi) is 5.34. The third-order valence-corrected chi connectivity index (χ3v) is 4.98. The highest BCUT2D eigenvalue weighted by molar-refractivity contribution is 5.79. The van der Waals surface area contributed by atoms with Crippen molar-refractivity contribution in [2.24, 2.45) is 17.8 Å². The van der Waals surface area contributed by atoms with Crippen molar-refractivity contribution in [1.82, 2.24) is 5.32 Å². The molecule has 2 aliphatic rings. The van der Waals surface area contributed by atoms with Gasteiger partial charge in [-0.05, 0) is 51.4 Å². The van der Waals surface area contributed by atoms with Gasteiger partial charge in [0.15, 0.2) is 0 Å². The Morgan fingerprint density at radius 3 is 1.82 bits per heavy atom. The molecule has 0 aromatic heterocycles. The third-order valence-electron chi connectivity index (χ3n) is 4.98. The molecule has 2 N–H and O–H groups in total. The Labute approximate surface area is 127 Å². The molecule has 0 atom stereocenters. The summed E-state index contributed by atoms with van der Waals surface area (Å²) in [7, 11) is 0. The van der Waals surface area contributed by atoms with Crippen LogP contribution in [-0.4, -0.2) is 29.2 Å². The maximum atomic E-state index is 12.6. The van der Waals surface area contributed by atoms with Crippen molar-refractivity contribution in [3.8, 4) is 0 Å². The van der Waals surface area contributed by atoms with Crippen LogP contribution in [0.5, 0.6) is 0 Å². The van der Waals surface area contributed by atoms with Gasteiger partial charge < -0.3 is 10.4 Å². The van der Waals surface area contributed by atoms with Gasteiger partial charge in [-0.1, -0.05) is 0 Å².